The van der Waals surface area contributed by atoms with Gasteiger partial charge in [-0.15, -0.1) is 11.3 Å². The van der Waals surface area contributed by atoms with Crippen molar-refractivity contribution >= 4 is 51.9 Å². The van der Waals surface area contributed by atoms with Crippen LogP contribution < -0.4 is 9.64 Å². The Morgan fingerprint density at radius 3 is 2.89 bits per heavy atom. The highest BCUT2D eigenvalue weighted by molar-refractivity contribution is 8.14. The predicted octanol–water partition coefficient (Wildman–Crippen LogP) is 3.80. The number of thiophene rings is 1. The molecule has 2 heterocycles. The molecule has 0 bridgehead atoms. The number of thioether (sulfide) groups is 1. The lowest BCUT2D eigenvalue weighted by atomic mass is 10.2. The molecule has 0 radical (unpaired) electrons. The third-order valence-electron chi connectivity index (χ3n) is 3.59. The first kappa shape index (κ1) is 19.2. The molecule has 140 valence electrons. The maximum Gasteiger partial charge on any atom is 0.316 e. The predicted molar refractivity (Wildman–Crippen MR) is 109 cm³/mol. The Kier molecular flexibility index (Phi) is 6.31. The zero-order valence-corrected chi connectivity index (χ0v) is 16.5. The molecule has 0 fully saturated rings. The molecule has 0 saturated carbocycles. The number of carbonyl (C=O) groups excluding carboxylic acids is 2. The summed E-state index contributed by atoms with van der Waals surface area (Å²) in [6.07, 6.45) is 1.75. The fraction of sp³-hybridized carbons (Fsp3) is 0.211. The van der Waals surface area contributed by atoms with Crippen molar-refractivity contribution in [3.63, 3.8) is 0 Å². The summed E-state index contributed by atoms with van der Waals surface area (Å²) in [5.74, 6) is 0.111. The average Bonchev–Trinajstić information content (AvgIpc) is 3.29. The van der Waals surface area contributed by atoms with E-state index < -0.39 is 0 Å². The number of rotatable bonds is 6. The van der Waals surface area contributed by atoms with Gasteiger partial charge in [-0.05, 0) is 36.6 Å². The Hall–Kier alpha value is -2.58. The Morgan fingerprint density at radius 2 is 2.19 bits per heavy atom. The number of methoxy groups -OCH3 is 1. The summed E-state index contributed by atoms with van der Waals surface area (Å²) in [4.78, 5) is 31.6. The molecule has 2 aromatic rings. The number of nitrogens with zero attached hydrogens (tertiary/aromatic N) is 2. The van der Waals surface area contributed by atoms with Crippen LogP contribution in [0, 0.1) is 0 Å². The minimum absolute atomic E-state index is 0.0761. The van der Waals surface area contributed by atoms with E-state index in [1.165, 1.54) is 28.0 Å². The first-order valence-corrected chi connectivity index (χ1v) is 10.1. The molecule has 0 spiro atoms. The van der Waals surface area contributed by atoms with Crippen LogP contribution in [0.4, 0.5) is 5.69 Å². The highest BCUT2D eigenvalue weighted by atomic mass is 32.2. The topological polar surface area (TPSA) is 68.2 Å². The molecule has 1 aromatic heterocycles. The van der Waals surface area contributed by atoms with Crippen LogP contribution in [0.2, 0.25) is 0 Å². The van der Waals surface area contributed by atoms with Crippen LogP contribution in [0.25, 0.3) is 6.08 Å². The number of anilines is 1. The first-order valence-electron chi connectivity index (χ1n) is 8.23. The second-order valence-electron chi connectivity index (χ2n) is 5.38. The first-order chi connectivity index (χ1) is 13.1. The molecule has 0 N–H and O–H groups in total. The molecule has 3 rings (SSSR count). The summed E-state index contributed by atoms with van der Waals surface area (Å²) in [7, 11) is 1.57. The number of benzene rings is 1. The van der Waals surface area contributed by atoms with Crippen LogP contribution in [0.3, 0.4) is 0 Å². The minimum Gasteiger partial charge on any atom is -0.497 e. The normalized spacial score (nSPS) is 15.2. The van der Waals surface area contributed by atoms with Crippen molar-refractivity contribution in [3.05, 3.63) is 52.4 Å². The molecule has 1 aliphatic heterocycles. The van der Waals surface area contributed by atoms with Gasteiger partial charge in [-0.1, -0.05) is 23.9 Å². The van der Waals surface area contributed by atoms with Gasteiger partial charge in [0.1, 0.15) is 11.4 Å². The molecule has 0 aliphatic carbocycles. The molecule has 1 aromatic carbocycles. The molecule has 0 unspecified atom stereocenters. The Morgan fingerprint density at radius 1 is 1.33 bits per heavy atom. The highest BCUT2D eigenvalue weighted by Gasteiger charge is 2.32. The van der Waals surface area contributed by atoms with Crippen molar-refractivity contribution < 1.29 is 19.1 Å². The van der Waals surface area contributed by atoms with E-state index in [2.05, 4.69) is 4.99 Å². The van der Waals surface area contributed by atoms with Crippen molar-refractivity contribution in [2.45, 2.75) is 6.92 Å². The molecular formula is C19H18N2O4S2. The summed E-state index contributed by atoms with van der Waals surface area (Å²) in [5, 5.41) is 2.37. The van der Waals surface area contributed by atoms with Gasteiger partial charge in [0.25, 0.3) is 5.91 Å². The number of ether oxygens (including phenoxy) is 2. The Labute approximate surface area is 165 Å². The standard InChI is InChI=1S/C19H18N2O4S2/c1-3-25-17(22)12-27-19-20-16(11-15-8-5-9-26-15)18(23)21(19)13-6-4-7-14(10-13)24-2/h4-11H,3,12H2,1-2H3/b16-11+. The minimum atomic E-state index is -0.348. The van der Waals surface area contributed by atoms with E-state index in [4.69, 9.17) is 9.47 Å². The van der Waals surface area contributed by atoms with E-state index >= 15 is 0 Å². The van der Waals surface area contributed by atoms with Crippen LogP contribution >= 0.6 is 23.1 Å². The average molecular weight is 402 g/mol. The third kappa shape index (κ3) is 4.58. The maximum absolute atomic E-state index is 13.0. The highest BCUT2D eigenvalue weighted by Crippen LogP contribution is 2.31. The van der Waals surface area contributed by atoms with Crippen LogP contribution in [0.5, 0.6) is 5.75 Å². The van der Waals surface area contributed by atoms with Gasteiger partial charge in [-0.2, -0.15) is 0 Å². The molecular weight excluding hydrogens is 384 g/mol. The zero-order valence-electron chi connectivity index (χ0n) is 14.9. The van der Waals surface area contributed by atoms with Gasteiger partial charge < -0.3 is 9.47 Å². The van der Waals surface area contributed by atoms with E-state index in [1.54, 1.807) is 44.4 Å². The molecule has 6 nitrogen and oxygen atoms in total. The lowest BCUT2D eigenvalue weighted by Crippen LogP contribution is -2.31. The summed E-state index contributed by atoms with van der Waals surface area (Å²) in [5.41, 5.74) is 0.954. The second-order valence-corrected chi connectivity index (χ2v) is 7.30. The number of amidine groups is 1. The van der Waals surface area contributed by atoms with Crippen molar-refractivity contribution in [3.8, 4) is 5.75 Å². The molecule has 1 aliphatic rings. The number of carbonyl (C=O) groups is 2. The molecule has 0 atom stereocenters. The summed E-state index contributed by atoms with van der Waals surface area (Å²) < 4.78 is 10.2. The fourth-order valence-corrected chi connectivity index (χ4v) is 3.87. The second kappa shape index (κ2) is 8.88. The van der Waals surface area contributed by atoms with Crippen LogP contribution in [0.15, 0.2) is 52.5 Å². The zero-order chi connectivity index (χ0) is 19.2. The van der Waals surface area contributed by atoms with E-state index in [0.717, 1.165) is 4.88 Å². The van der Waals surface area contributed by atoms with Crippen molar-refractivity contribution in [2.24, 2.45) is 4.99 Å². The van der Waals surface area contributed by atoms with E-state index in [-0.39, 0.29) is 17.6 Å². The fourth-order valence-electron chi connectivity index (χ4n) is 2.40. The molecule has 8 heteroatoms. The Bertz CT molecular complexity index is 891. The SMILES string of the molecule is CCOC(=O)CSC1=N/C(=C/c2cccs2)C(=O)N1c1cccc(OC)c1. The molecule has 1 amide bonds. The van der Waals surface area contributed by atoms with Crippen molar-refractivity contribution in [1.82, 2.24) is 0 Å². The van der Waals surface area contributed by atoms with Crippen molar-refractivity contribution in [2.75, 3.05) is 24.4 Å². The van der Waals surface area contributed by atoms with Crippen LogP contribution in [-0.4, -0.2) is 36.5 Å². The number of hydrogen-bond donors (Lipinski definition) is 0. The number of hydrogen-bond acceptors (Lipinski definition) is 7. The van der Waals surface area contributed by atoms with E-state index in [1.807, 2.05) is 17.5 Å². The van der Waals surface area contributed by atoms with Gasteiger partial charge in [0.15, 0.2) is 5.17 Å². The quantitative estimate of drug-likeness (QED) is 0.543. The van der Waals surface area contributed by atoms with E-state index in [9.17, 15) is 9.59 Å². The maximum atomic E-state index is 13.0. The summed E-state index contributed by atoms with van der Waals surface area (Å²) in [6.45, 7) is 2.07. The number of amides is 1. The van der Waals surface area contributed by atoms with E-state index in [0.29, 0.717) is 28.9 Å². The van der Waals surface area contributed by atoms with Gasteiger partial charge >= 0.3 is 5.97 Å². The lowest BCUT2D eigenvalue weighted by Gasteiger charge is -2.18. The largest absolute Gasteiger partial charge is 0.497 e. The van der Waals surface area contributed by atoms with Gasteiger partial charge in [-0.3, -0.25) is 14.5 Å². The summed E-state index contributed by atoms with van der Waals surface area (Å²) >= 11 is 2.69. The van der Waals surface area contributed by atoms with Gasteiger partial charge in [0.2, 0.25) is 0 Å². The van der Waals surface area contributed by atoms with Crippen molar-refractivity contribution in [1.29, 1.82) is 0 Å². The van der Waals surface area contributed by atoms with Crippen LogP contribution in [0.1, 0.15) is 11.8 Å². The van der Waals surface area contributed by atoms with Crippen LogP contribution in [-0.2, 0) is 14.3 Å². The van der Waals surface area contributed by atoms with Gasteiger partial charge in [0.05, 0.1) is 25.2 Å². The third-order valence-corrected chi connectivity index (χ3v) is 5.32. The van der Waals surface area contributed by atoms with Gasteiger partial charge in [-0.25, -0.2) is 4.99 Å². The monoisotopic (exact) mass is 402 g/mol. The molecule has 27 heavy (non-hydrogen) atoms. The summed E-state index contributed by atoms with van der Waals surface area (Å²) in [6, 6.07) is 11.0. The lowest BCUT2D eigenvalue weighted by molar-refractivity contribution is -0.139. The number of esters is 1. The molecule has 0 saturated heterocycles. The van der Waals surface area contributed by atoms with Gasteiger partial charge in [0, 0.05) is 10.9 Å². The Balaban J connectivity index is 1.92. The smallest absolute Gasteiger partial charge is 0.316 e. The number of aliphatic imine (C=N–C) groups is 1.